The van der Waals surface area contributed by atoms with Crippen LogP contribution in [0.4, 0.5) is 4.79 Å². The van der Waals surface area contributed by atoms with Gasteiger partial charge in [0.05, 0.1) is 6.61 Å². The Morgan fingerprint density at radius 3 is 3.00 bits per heavy atom. The van der Waals surface area contributed by atoms with Gasteiger partial charge in [0.25, 0.3) is 5.24 Å². The zero-order valence-corrected chi connectivity index (χ0v) is 5.86. The number of aliphatic hydroxyl groups is 1. The number of rotatable bonds is 2. The molecule has 0 atom stereocenters. The molecule has 0 aromatic rings. The van der Waals surface area contributed by atoms with Crippen molar-refractivity contribution in [1.82, 2.24) is 4.90 Å². The Morgan fingerprint density at radius 2 is 2.56 bits per heavy atom. The van der Waals surface area contributed by atoms with Crippen LogP contribution in [-0.4, -0.2) is 40.7 Å². The van der Waals surface area contributed by atoms with E-state index in [9.17, 15) is 4.79 Å². The van der Waals surface area contributed by atoms with Crippen molar-refractivity contribution in [3.05, 3.63) is 0 Å². The van der Waals surface area contributed by atoms with Gasteiger partial charge in [-0.1, -0.05) is 11.8 Å². The Bertz CT molecular complexity index is 118. The molecule has 0 bridgehead atoms. The number of carbonyl (C=O) groups is 1. The fraction of sp³-hybridized carbons (Fsp3) is 0.800. The van der Waals surface area contributed by atoms with Gasteiger partial charge in [0, 0.05) is 18.8 Å². The van der Waals surface area contributed by atoms with Gasteiger partial charge >= 0.3 is 0 Å². The van der Waals surface area contributed by atoms with Crippen LogP contribution >= 0.6 is 11.8 Å². The summed E-state index contributed by atoms with van der Waals surface area (Å²) >= 11 is 1.32. The predicted molar refractivity (Wildman–Crippen MR) is 36.5 cm³/mol. The van der Waals surface area contributed by atoms with Crippen molar-refractivity contribution in [2.24, 2.45) is 0 Å². The Kier molecular flexibility index (Phi) is 2.36. The molecule has 1 amide bonds. The smallest absolute Gasteiger partial charge is 0.281 e. The molecule has 9 heavy (non-hydrogen) atoms. The minimum atomic E-state index is 0.0757. The Hall–Kier alpha value is -0.220. The molecule has 1 saturated heterocycles. The van der Waals surface area contributed by atoms with Crippen molar-refractivity contribution in [3.63, 3.8) is 0 Å². The highest BCUT2D eigenvalue weighted by Crippen LogP contribution is 2.15. The topological polar surface area (TPSA) is 40.5 Å². The van der Waals surface area contributed by atoms with E-state index >= 15 is 0 Å². The Labute approximate surface area is 58.0 Å². The molecule has 0 unspecified atom stereocenters. The minimum Gasteiger partial charge on any atom is -0.395 e. The van der Waals surface area contributed by atoms with Crippen molar-refractivity contribution >= 4 is 17.0 Å². The highest BCUT2D eigenvalue weighted by molar-refractivity contribution is 8.13. The van der Waals surface area contributed by atoms with Gasteiger partial charge in [-0.2, -0.15) is 0 Å². The SMILES string of the molecule is O=C1SCCN1CCO. The first kappa shape index (κ1) is 6.89. The van der Waals surface area contributed by atoms with Gasteiger partial charge < -0.3 is 10.0 Å². The van der Waals surface area contributed by atoms with E-state index in [4.69, 9.17) is 5.11 Å². The van der Waals surface area contributed by atoms with Crippen LogP contribution in [0.3, 0.4) is 0 Å². The number of hydrogen-bond acceptors (Lipinski definition) is 3. The summed E-state index contributed by atoms with van der Waals surface area (Å²) in [7, 11) is 0. The minimum absolute atomic E-state index is 0.0757. The van der Waals surface area contributed by atoms with Crippen molar-refractivity contribution in [1.29, 1.82) is 0 Å². The molecule has 0 saturated carbocycles. The maximum atomic E-state index is 10.7. The third kappa shape index (κ3) is 1.59. The third-order valence-electron chi connectivity index (χ3n) is 1.21. The molecule has 0 aliphatic carbocycles. The zero-order chi connectivity index (χ0) is 6.69. The number of nitrogens with zero attached hydrogens (tertiary/aromatic N) is 1. The maximum Gasteiger partial charge on any atom is 0.281 e. The summed E-state index contributed by atoms with van der Waals surface area (Å²) < 4.78 is 0. The van der Waals surface area contributed by atoms with E-state index in [1.54, 1.807) is 4.90 Å². The van der Waals surface area contributed by atoms with Gasteiger partial charge in [0.2, 0.25) is 0 Å². The monoisotopic (exact) mass is 147 g/mol. The van der Waals surface area contributed by atoms with Crippen LogP contribution in [0, 0.1) is 0 Å². The van der Waals surface area contributed by atoms with Crippen molar-refractivity contribution in [2.45, 2.75) is 0 Å². The number of thioether (sulfide) groups is 1. The molecule has 0 spiro atoms. The van der Waals surface area contributed by atoms with E-state index in [0.717, 1.165) is 12.3 Å². The number of β-amino-alcohol motifs (C(OH)–C–C–N with tert-alkyl or cyclic N) is 1. The highest BCUT2D eigenvalue weighted by atomic mass is 32.2. The van der Waals surface area contributed by atoms with E-state index in [1.807, 2.05) is 0 Å². The van der Waals surface area contributed by atoms with Crippen LogP contribution in [0.1, 0.15) is 0 Å². The first-order valence-electron chi connectivity index (χ1n) is 2.87. The molecule has 0 radical (unpaired) electrons. The van der Waals surface area contributed by atoms with E-state index in [1.165, 1.54) is 11.8 Å². The fourth-order valence-corrected chi connectivity index (χ4v) is 1.60. The van der Waals surface area contributed by atoms with Gasteiger partial charge in [0.1, 0.15) is 0 Å². The van der Waals surface area contributed by atoms with Crippen LogP contribution in [0.25, 0.3) is 0 Å². The van der Waals surface area contributed by atoms with Crippen molar-refractivity contribution in [3.8, 4) is 0 Å². The van der Waals surface area contributed by atoms with E-state index in [2.05, 4.69) is 0 Å². The number of amides is 1. The summed E-state index contributed by atoms with van der Waals surface area (Å²) in [5.74, 6) is 0.874. The first-order chi connectivity index (χ1) is 4.34. The molecule has 1 aliphatic rings. The second-order valence-corrected chi connectivity index (χ2v) is 2.87. The summed E-state index contributed by atoms with van der Waals surface area (Å²) in [5, 5.41) is 8.54. The molecule has 1 N–H and O–H groups in total. The van der Waals surface area contributed by atoms with Gasteiger partial charge in [-0.15, -0.1) is 0 Å². The average Bonchev–Trinajstić information content (AvgIpc) is 2.18. The largest absolute Gasteiger partial charge is 0.395 e. The van der Waals surface area contributed by atoms with Crippen molar-refractivity contribution < 1.29 is 9.90 Å². The van der Waals surface area contributed by atoms with Crippen LogP contribution in [0.2, 0.25) is 0 Å². The average molecular weight is 147 g/mol. The molecule has 0 aromatic carbocycles. The summed E-state index contributed by atoms with van der Waals surface area (Å²) in [6, 6.07) is 0. The molecular weight excluding hydrogens is 138 g/mol. The van der Waals surface area contributed by atoms with Gasteiger partial charge in [0.15, 0.2) is 0 Å². The highest BCUT2D eigenvalue weighted by Gasteiger charge is 2.19. The molecule has 3 nitrogen and oxygen atoms in total. The molecule has 52 valence electrons. The standard InChI is InChI=1S/C5H9NO2S/c7-3-1-6-2-4-9-5(6)8/h7H,1-4H2. The van der Waals surface area contributed by atoms with Crippen LogP contribution in [0.5, 0.6) is 0 Å². The van der Waals surface area contributed by atoms with Gasteiger partial charge in [-0.25, -0.2) is 0 Å². The summed E-state index contributed by atoms with van der Waals surface area (Å²) in [4.78, 5) is 12.4. The molecule has 0 aromatic heterocycles. The number of carbonyl (C=O) groups excluding carboxylic acids is 1. The second kappa shape index (κ2) is 3.08. The lowest BCUT2D eigenvalue weighted by atomic mass is 10.5. The van der Waals surface area contributed by atoms with Gasteiger partial charge in [-0.3, -0.25) is 4.79 Å². The summed E-state index contributed by atoms with van der Waals surface area (Å²) in [6.07, 6.45) is 0. The molecule has 1 aliphatic heterocycles. The lowest BCUT2D eigenvalue weighted by molar-refractivity contribution is 0.205. The lowest BCUT2D eigenvalue weighted by Crippen LogP contribution is -2.26. The summed E-state index contributed by atoms with van der Waals surface area (Å²) in [5.41, 5.74) is 0. The summed E-state index contributed by atoms with van der Waals surface area (Å²) in [6.45, 7) is 1.36. The predicted octanol–water partition coefficient (Wildman–Crippen LogP) is 0.148. The van der Waals surface area contributed by atoms with Crippen LogP contribution in [-0.2, 0) is 0 Å². The molecular formula is C5H9NO2S. The van der Waals surface area contributed by atoms with Crippen LogP contribution < -0.4 is 0 Å². The maximum absolute atomic E-state index is 10.7. The molecule has 1 fully saturated rings. The quantitative estimate of drug-likeness (QED) is 0.604. The molecule has 1 heterocycles. The zero-order valence-electron chi connectivity index (χ0n) is 5.04. The molecule has 4 heteroatoms. The Balaban J connectivity index is 2.31. The Morgan fingerprint density at radius 1 is 1.78 bits per heavy atom. The van der Waals surface area contributed by atoms with Crippen molar-refractivity contribution in [2.75, 3.05) is 25.4 Å². The van der Waals surface area contributed by atoms with Crippen LogP contribution in [0.15, 0.2) is 0 Å². The van der Waals surface area contributed by atoms with E-state index < -0.39 is 0 Å². The molecule has 1 rings (SSSR count). The third-order valence-corrected chi connectivity index (χ3v) is 2.11. The van der Waals surface area contributed by atoms with E-state index in [0.29, 0.717) is 6.54 Å². The fourth-order valence-electron chi connectivity index (χ4n) is 0.750. The van der Waals surface area contributed by atoms with E-state index in [-0.39, 0.29) is 11.8 Å². The number of aliphatic hydroxyl groups excluding tert-OH is 1. The van der Waals surface area contributed by atoms with Gasteiger partial charge in [-0.05, 0) is 0 Å². The normalized spacial score (nSPS) is 19.2. The second-order valence-electron chi connectivity index (χ2n) is 1.83. The first-order valence-corrected chi connectivity index (χ1v) is 3.85. The lowest BCUT2D eigenvalue weighted by Gasteiger charge is -2.10. The number of hydrogen-bond donors (Lipinski definition) is 1.